The Balaban J connectivity index is 1.74. The largest absolute Gasteiger partial charge is 0.396 e. The van der Waals surface area contributed by atoms with Crippen LogP contribution < -0.4 is 5.32 Å². The quantitative estimate of drug-likeness (QED) is 0.657. The number of aliphatic hydroxyl groups is 1. The first-order valence-electron chi connectivity index (χ1n) is 7.63. The van der Waals surface area contributed by atoms with E-state index in [1.165, 1.54) is 0 Å². The van der Waals surface area contributed by atoms with Gasteiger partial charge in [0.15, 0.2) is 5.65 Å². The topological polar surface area (TPSA) is 63.0 Å². The lowest BCUT2D eigenvalue weighted by Crippen LogP contribution is -2.26. The fourth-order valence-electron chi connectivity index (χ4n) is 2.80. The molecular formula is C16H21ClN4O. The fourth-order valence-corrected chi connectivity index (χ4v) is 3.00. The van der Waals surface area contributed by atoms with Crippen LogP contribution in [-0.2, 0) is 6.54 Å². The number of nitrogens with one attached hydrogen (secondary N) is 1. The molecule has 0 bridgehead atoms. The minimum Gasteiger partial charge on any atom is -0.396 e. The molecule has 0 spiro atoms. The molecule has 0 unspecified atom stereocenters. The molecule has 2 aromatic heterocycles. The van der Waals surface area contributed by atoms with E-state index in [2.05, 4.69) is 41.4 Å². The van der Waals surface area contributed by atoms with E-state index in [4.69, 9.17) is 16.7 Å². The highest BCUT2D eigenvalue weighted by atomic mass is 35.5. The van der Waals surface area contributed by atoms with Gasteiger partial charge in [-0.2, -0.15) is 5.10 Å². The van der Waals surface area contributed by atoms with Crippen LogP contribution in [0.25, 0.3) is 11.0 Å². The zero-order chi connectivity index (χ0) is 15.7. The van der Waals surface area contributed by atoms with E-state index >= 15 is 0 Å². The summed E-state index contributed by atoms with van der Waals surface area (Å²) in [5, 5.41) is 18.5. The molecule has 5 nitrogen and oxygen atoms in total. The molecule has 2 atom stereocenters. The van der Waals surface area contributed by atoms with Gasteiger partial charge in [-0.3, -0.25) is 0 Å². The summed E-state index contributed by atoms with van der Waals surface area (Å²) >= 11 is 6.33. The van der Waals surface area contributed by atoms with Crippen LogP contribution in [0.15, 0.2) is 24.4 Å². The number of aromatic nitrogens is 3. The Morgan fingerprint density at radius 3 is 2.95 bits per heavy atom. The number of hydrogen-bond donors (Lipinski definition) is 2. The highest BCUT2D eigenvalue weighted by molar-refractivity contribution is 6.30. The second-order valence-electron chi connectivity index (χ2n) is 6.08. The molecule has 6 heteroatoms. The van der Waals surface area contributed by atoms with Crippen molar-refractivity contribution < 1.29 is 5.11 Å². The van der Waals surface area contributed by atoms with Crippen molar-refractivity contribution in [2.45, 2.75) is 38.9 Å². The van der Waals surface area contributed by atoms with Crippen LogP contribution in [0.2, 0.25) is 5.15 Å². The number of rotatable bonds is 5. The van der Waals surface area contributed by atoms with E-state index in [9.17, 15) is 0 Å². The van der Waals surface area contributed by atoms with E-state index in [0.717, 1.165) is 23.0 Å². The standard InChI is InChI=1S/C16H21ClN4O/c1-10(2)21-16-13(8-19-21)6-12(15(17)20-16)7-18-14-4-3-11(5-14)9-22/h3-4,6,8,10-11,14,18,22H,5,7,9H2,1-2H3/t11-,14+/m0/s1. The number of pyridine rings is 1. The molecule has 0 fully saturated rings. The summed E-state index contributed by atoms with van der Waals surface area (Å²) in [7, 11) is 0. The van der Waals surface area contributed by atoms with Gasteiger partial charge in [0.1, 0.15) is 5.15 Å². The molecule has 0 aliphatic heterocycles. The van der Waals surface area contributed by atoms with Gasteiger partial charge in [0.05, 0.1) is 6.20 Å². The van der Waals surface area contributed by atoms with Gasteiger partial charge in [-0.15, -0.1) is 0 Å². The molecule has 2 heterocycles. The zero-order valence-corrected chi connectivity index (χ0v) is 13.6. The van der Waals surface area contributed by atoms with Crippen LogP contribution in [0.5, 0.6) is 0 Å². The third kappa shape index (κ3) is 3.02. The van der Waals surface area contributed by atoms with E-state index in [1.807, 2.05) is 16.9 Å². The number of fused-ring (bicyclic) bond motifs is 1. The molecule has 3 rings (SSSR count). The van der Waals surface area contributed by atoms with Crippen LogP contribution in [0.1, 0.15) is 31.9 Å². The van der Waals surface area contributed by atoms with E-state index in [1.54, 1.807) is 0 Å². The van der Waals surface area contributed by atoms with Crippen LogP contribution in [0.4, 0.5) is 0 Å². The number of halogens is 1. The van der Waals surface area contributed by atoms with Crippen molar-refractivity contribution in [1.29, 1.82) is 0 Å². The molecule has 0 saturated heterocycles. The van der Waals surface area contributed by atoms with Gasteiger partial charge < -0.3 is 10.4 Å². The monoisotopic (exact) mass is 320 g/mol. The molecule has 0 aromatic carbocycles. The maximum atomic E-state index is 9.16. The molecule has 2 N–H and O–H groups in total. The Labute approximate surface area is 135 Å². The van der Waals surface area contributed by atoms with Crippen molar-refractivity contribution in [3.05, 3.63) is 35.1 Å². The highest BCUT2D eigenvalue weighted by Gasteiger charge is 2.18. The Hall–Kier alpha value is -1.43. The molecule has 22 heavy (non-hydrogen) atoms. The maximum Gasteiger partial charge on any atom is 0.159 e. The second kappa shape index (κ2) is 6.36. The lowest BCUT2D eigenvalue weighted by Gasteiger charge is -2.13. The Morgan fingerprint density at radius 1 is 1.45 bits per heavy atom. The average Bonchev–Trinajstić information content (AvgIpc) is 3.10. The van der Waals surface area contributed by atoms with Crippen molar-refractivity contribution in [3.8, 4) is 0 Å². The summed E-state index contributed by atoms with van der Waals surface area (Å²) in [6.07, 6.45) is 6.93. The van der Waals surface area contributed by atoms with E-state index in [-0.39, 0.29) is 24.6 Å². The Kier molecular flexibility index (Phi) is 4.47. The molecule has 1 aliphatic carbocycles. The van der Waals surface area contributed by atoms with Crippen LogP contribution in [-0.4, -0.2) is 32.5 Å². The summed E-state index contributed by atoms with van der Waals surface area (Å²) in [5.41, 5.74) is 1.79. The van der Waals surface area contributed by atoms with Crippen molar-refractivity contribution in [1.82, 2.24) is 20.1 Å². The smallest absolute Gasteiger partial charge is 0.159 e. The predicted octanol–water partition coefficient (Wildman–Crippen LogP) is 2.69. The fraction of sp³-hybridized carbons (Fsp3) is 0.500. The lowest BCUT2D eigenvalue weighted by molar-refractivity contribution is 0.246. The summed E-state index contributed by atoms with van der Waals surface area (Å²) in [6, 6.07) is 2.58. The second-order valence-corrected chi connectivity index (χ2v) is 6.44. The first-order chi connectivity index (χ1) is 10.6. The molecule has 118 valence electrons. The number of aliphatic hydroxyl groups excluding tert-OH is 1. The predicted molar refractivity (Wildman–Crippen MR) is 87.9 cm³/mol. The van der Waals surface area contributed by atoms with Gasteiger partial charge in [-0.25, -0.2) is 9.67 Å². The molecular weight excluding hydrogens is 300 g/mol. The van der Waals surface area contributed by atoms with Gasteiger partial charge in [0, 0.05) is 42.1 Å². The third-order valence-corrected chi connectivity index (χ3v) is 4.37. The van der Waals surface area contributed by atoms with Crippen LogP contribution in [0.3, 0.4) is 0 Å². The van der Waals surface area contributed by atoms with E-state index < -0.39 is 0 Å². The summed E-state index contributed by atoms with van der Waals surface area (Å²) in [4.78, 5) is 4.50. The highest BCUT2D eigenvalue weighted by Crippen LogP contribution is 2.23. The molecule has 1 aliphatic rings. The van der Waals surface area contributed by atoms with Crippen LogP contribution in [0, 0.1) is 5.92 Å². The summed E-state index contributed by atoms with van der Waals surface area (Å²) in [6.45, 7) is 5.00. The zero-order valence-electron chi connectivity index (χ0n) is 12.8. The maximum absolute atomic E-state index is 9.16. The van der Waals surface area contributed by atoms with Gasteiger partial charge in [-0.05, 0) is 26.3 Å². The molecule has 0 saturated carbocycles. The van der Waals surface area contributed by atoms with Crippen molar-refractivity contribution in [3.63, 3.8) is 0 Å². The first-order valence-corrected chi connectivity index (χ1v) is 8.01. The number of hydrogen-bond acceptors (Lipinski definition) is 4. The van der Waals surface area contributed by atoms with Crippen LogP contribution >= 0.6 is 11.6 Å². The minimum absolute atomic E-state index is 0.206. The van der Waals surface area contributed by atoms with Gasteiger partial charge in [0.2, 0.25) is 0 Å². The Bertz CT molecular complexity index is 695. The Morgan fingerprint density at radius 2 is 2.27 bits per heavy atom. The lowest BCUT2D eigenvalue weighted by atomic mass is 10.1. The third-order valence-electron chi connectivity index (χ3n) is 4.05. The van der Waals surface area contributed by atoms with Crippen molar-refractivity contribution in [2.24, 2.45) is 5.92 Å². The summed E-state index contributed by atoms with van der Waals surface area (Å²) < 4.78 is 1.88. The van der Waals surface area contributed by atoms with E-state index in [0.29, 0.717) is 11.7 Å². The van der Waals surface area contributed by atoms with Gasteiger partial charge in [-0.1, -0.05) is 23.8 Å². The van der Waals surface area contributed by atoms with Gasteiger partial charge >= 0.3 is 0 Å². The van der Waals surface area contributed by atoms with Crippen molar-refractivity contribution >= 4 is 22.6 Å². The molecule has 2 aromatic rings. The van der Waals surface area contributed by atoms with Gasteiger partial charge in [0.25, 0.3) is 0 Å². The SMILES string of the molecule is CC(C)n1ncc2cc(CN[C@@H]3C=C[C@H](CO)C3)c(Cl)nc21. The first kappa shape index (κ1) is 15.5. The summed E-state index contributed by atoms with van der Waals surface area (Å²) in [5.74, 6) is 0.262. The minimum atomic E-state index is 0.206. The average molecular weight is 321 g/mol. The number of nitrogens with zero attached hydrogens (tertiary/aromatic N) is 3. The molecule has 0 amide bonds. The normalized spacial score (nSPS) is 21.3. The molecule has 0 radical (unpaired) electrons. The van der Waals surface area contributed by atoms with Crippen molar-refractivity contribution in [2.75, 3.05) is 6.61 Å².